The Bertz CT molecular complexity index is 1800. The SMILES string of the molecule is COC(=O)CCc1ccc(-c2ccc(C(=O)O[C@H]3COC4C3OC[C@H]4OC(=O)c3ccc(-c4ccc(CCC(=O)OC)cc4F)cc3)cc2)c(F)c1. The lowest BCUT2D eigenvalue weighted by Gasteiger charge is -2.17. The largest absolute Gasteiger partial charge is 0.469 e. The quantitative estimate of drug-likeness (QED) is 0.126. The average molecular weight is 715 g/mol. The van der Waals surface area contributed by atoms with Crippen molar-refractivity contribution in [1.82, 2.24) is 0 Å². The molecule has 0 radical (unpaired) electrons. The molecule has 0 amide bonds. The van der Waals surface area contributed by atoms with Crippen molar-refractivity contribution in [3.05, 3.63) is 119 Å². The fourth-order valence-corrected chi connectivity index (χ4v) is 6.21. The van der Waals surface area contributed by atoms with Crippen molar-refractivity contribution < 1.29 is 56.4 Å². The summed E-state index contributed by atoms with van der Waals surface area (Å²) in [4.78, 5) is 48.8. The highest BCUT2D eigenvalue weighted by Crippen LogP contribution is 2.32. The van der Waals surface area contributed by atoms with Gasteiger partial charge in [-0.2, -0.15) is 0 Å². The van der Waals surface area contributed by atoms with Crippen LogP contribution in [-0.4, -0.2) is 75.7 Å². The maximum absolute atomic E-state index is 14.9. The zero-order valence-electron chi connectivity index (χ0n) is 28.5. The molecule has 0 aromatic heterocycles. The predicted molar refractivity (Wildman–Crippen MR) is 182 cm³/mol. The lowest BCUT2D eigenvalue weighted by Crippen LogP contribution is -2.36. The Labute approximate surface area is 298 Å². The number of hydrogen-bond donors (Lipinski definition) is 0. The zero-order valence-corrected chi connectivity index (χ0v) is 28.5. The monoisotopic (exact) mass is 714 g/mol. The van der Waals surface area contributed by atoms with Crippen LogP contribution in [0.4, 0.5) is 8.78 Å². The molecule has 10 nitrogen and oxygen atoms in total. The van der Waals surface area contributed by atoms with Crippen molar-refractivity contribution in [3.63, 3.8) is 0 Å². The van der Waals surface area contributed by atoms with Crippen LogP contribution in [0.15, 0.2) is 84.9 Å². The van der Waals surface area contributed by atoms with Crippen molar-refractivity contribution in [2.75, 3.05) is 27.4 Å². The molecule has 2 unspecified atom stereocenters. The molecule has 2 heterocycles. The van der Waals surface area contributed by atoms with E-state index in [-0.39, 0.29) is 49.1 Å². The maximum atomic E-state index is 14.9. The normalized spacial score (nSPS) is 19.1. The Morgan fingerprint density at radius 2 is 0.981 bits per heavy atom. The van der Waals surface area contributed by atoms with Gasteiger partial charge in [0, 0.05) is 24.0 Å². The van der Waals surface area contributed by atoms with Crippen LogP contribution in [0.5, 0.6) is 0 Å². The molecular weight excluding hydrogens is 678 g/mol. The zero-order chi connectivity index (χ0) is 36.8. The standard InChI is InChI=1S/C40H36F2O10/c1-47-35(43)17-5-23-3-15-29(31(41)19-23)25-7-11-27(12-8-25)39(45)51-33-21-49-38-34(22-50-37(33)38)52-40(46)28-13-9-26(10-14-28)30-16-4-24(20-32(30)42)6-18-36(44)48-2/h3-4,7-16,19-20,33-34,37-38H,5-6,17-18,21-22H2,1-2H3/t33-,34+,37?,38?. The average Bonchev–Trinajstić information content (AvgIpc) is 3.75. The third kappa shape index (κ3) is 8.35. The molecule has 52 heavy (non-hydrogen) atoms. The molecule has 2 fully saturated rings. The maximum Gasteiger partial charge on any atom is 0.338 e. The Kier molecular flexibility index (Phi) is 11.4. The highest BCUT2D eigenvalue weighted by molar-refractivity contribution is 5.91. The van der Waals surface area contributed by atoms with Crippen molar-refractivity contribution in [1.29, 1.82) is 0 Å². The molecule has 0 saturated carbocycles. The van der Waals surface area contributed by atoms with E-state index < -0.39 is 48.0 Å². The molecule has 4 atom stereocenters. The van der Waals surface area contributed by atoms with Gasteiger partial charge in [-0.05, 0) is 71.5 Å². The second kappa shape index (κ2) is 16.3. The lowest BCUT2D eigenvalue weighted by molar-refractivity contribution is -0.141. The summed E-state index contributed by atoms with van der Waals surface area (Å²) >= 11 is 0. The van der Waals surface area contributed by atoms with E-state index in [0.29, 0.717) is 46.2 Å². The second-order valence-corrected chi connectivity index (χ2v) is 12.4. The van der Waals surface area contributed by atoms with Gasteiger partial charge in [0.1, 0.15) is 23.8 Å². The number of carbonyl (C=O) groups is 4. The van der Waals surface area contributed by atoms with Crippen LogP contribution in [-0.2, 0) is 50.9 Å². The van der Waals surface area contributed by atoms with Crippen molar-refractivity contribution >= 4 is 23.9 Å². The molecule has 0 aliphatic carbocycles. The number of fused-ring (bicyclic) bond motifs is 1. The van der Waals surface area contributed by atoms with Crippen LogP contribution >= 0.6 is 0 Å². The summed E-state index contributed by atoms with van der Waals surface area (Å²) in [5.41, 5.74) is 3.64. The number of ether oxygens (including phenoxy) is 6. The van der Waals surface area contributed by atoms with E-state index in [2.05, 4.69) is 9.47 Å². The Balaban J connectivity index is 1.01. The summed E-state index contributed by atoms with van der Waals surface area (Å²) in [6.45, 7) is 0.0883. The highest BCUT2D eigenvalue weighted by Gasteiger charge is 2.51. The van der Waals surface area contributed by atoms with E-state index in [0.717, 1.165) is 0 Å². The fraction of sp³-hybridized carbons (Fsp3) is 0.300. The fourth-order valence-electron chi connectivity index (χ4n) is 6.21. The number of esters is 4. The second-order valence-electron chi connectivity index (χ2n) is 12.4. The molecule has 0 N–H and O–H groups in total. The van der Waals surface area contributed by atoms with Crippen LogP contribution in [0.2, 0.25) is 0 Å². The molecule has 2 saturated heterocycles. The molecular formula is C40H36F2O10. The summed E-state index contributed by atoms with van der Waals surface area (Å²) < 4.78 is 62.1. The van der Waals surface area contributed by atoms with Gasteiger partial charge in [-0.25, -0.2) is 18.4 Å². The van der Waals surface area contributed by atoms with Crippen LogP contribution in [0.3, 0.4) is 0 Å². The minimum atomic E-state index is -0.739. The number of rotatable bonds is 12. The van der Waals surface area contributed by atoms with Gasteiger partial charge < -0.3 is 28.4 Å². The number of hydrogen-bond acceptors (Lipinski definition) is 10. The predicted octanol–water partition coefficient (Wildman–Crippen LogP) is 6.06. The number of halogens is 2. The van der Waals surface area contributed by atoms with Crippen LogP contribution in [0.25, 0.3) is 22.3 Å². The number of aryl methyl sites for hydroxylation is 2. The van der Waals surface area contributed by atoms with E-state index in [1.54, 1.807) is 48.5 Å². The molecule has 2 aliphatic heterocycles. The first-order valence-electron chi connectivity index (χ1n) is 16.7. The Morgan fingerprint density at radius 1 is 0.596 bits per heavy atom. The summed E-state index contributed by atoms with van der Waals surface area (Å²) in [6.07, 6.45) is -1.76. The molecule has 12 heteroatoms. The van der Waals surface area contributed by atoms with E-state index >= 15 is 0 Å². The summed E-state index contributed by atoms with van der Waals surface area (Å²) in [5, 5.41) is 0. The topological polar surface area (TPSA) is 124 Å². The molecule has 0 bridgehead atoms. The van der Waals surface area contributed by atoms with Crippen molar-refractivity contribution in [2.45, 2.75) is 50.1 Å². The minimum Gasteiger partial charge on any atom is -0.469 e. The van der Waals surface area contributed by atoms with E-state index in [1.165, 1.54) is 50.6 Å². The van der Waals surface area contributed by atoms with Crippen LogP contribution in [0.1, 0.15) is 44.7 Å². The third-order valence-electron chi connectivity index (χ3n) is 9.10. The summed E-state index contributed by atoms with van der Waals surface area (Å²) in [6, 6.07) is 22.1. The number of benzene rings is 4. The van der Waals surface area contributed by atoms with Gasteiger partial charge in [0.15, 0.2) is 12.2 Å². The van der Waals surface area contributed by atoms with Gasteiger partial charge in [-0.15, -0.1) is 0 Å². The van der Waals surface area contributed by atoms with Crippen molar-refractivity contribution in [2.24, 2.45) is 0 Å². The van der Waals surface area contributed by atoms with E-state index in [4.69, 9.17) is 18.9 Å². The first kappa shape index (κ1) is 36.3. The Morgan fingerprint density at radius 3 is 1.33 bits per heavy atom. The Hall–Kier alpha value is -5.46. The molecule has 4 aromatic rings. The first-order chi connectivity index (χ1) is 25.1. The lowest BCUT2D eigenvalue weighted by atomic mass is 10.00. The smallest absolute Gasteiger partial charge is 0.338 e. The van der Waals surface area contributed by atoms with Gasteiger partial charge in [0.05, 0.1) is 38.6 Å². The molecule has 2 aliphatic rings. The van der Waals surface area contributed by atoms with Crippen LogP contribution in [0, 0.1) is 11.6 Å². The van der Waals surface area contributed by atoms with Gasteiger partial charge in [-0.1, -0.05) is 48.5 Å². The molecule has 4 aromatic carbocycles. The van der Waals surface area contributed by atoms with Crippen molar-refractivity contribution in [3.8, 4) is 22.3 Å². The van der Waals surface area contributed by atoms with E-state index in [1.807, 2.05) is 0 Å². The highest BCUT2D eigenvalue weighted by atomic mass is 19.1. The number of methoxy groups -OCH3 is 2. The third-order valence-corrected chi connectivity index (χ3v) is 9.10. The summed E-state index contributed by atoms with van der Waals surface area (Å²) in [7, 11) is 2.61. The molecule has 270 valence electrons. The summed E-state index contributed by atoms with van der Waals surface area (Å²) in [5.74, 6) is -2.88. The van der Waals surface area contributed by atoms with Gasteiger partial charge in [-0.3, -0.25) is 9.59 Å². The molecule has 6 rings (SSSR count). The first-order valence-corrected chi connectivity index (χ1v) is 16.7. The number of carbonyl (C=O) groups excluding carboxylic acids is 4. The minimum absolute atomic E-state index is 0.0441. The van der Waals surface area contributed by atoms with Gasteiger partial charge >= 0.3 is 23.9 Å². The van der Waals surface area contributed by atoms with Gasteiger partial charge in [0.2, 0.25) is 0 Å². The molecule has 0 spiro atoms. The van der Waals surface area contributed by atoms with E-state index in [9.17, 15) is 28.0 Å². The van der Waals surface area contributed by atoms with Crippen LogP contribution < -0.4 is 0 Å². The van der Waals surface area contributed by atoms with Gasteiger partial charge in [0.25, 0.3) is 0 Å².